The van der Waals surface area contributed by atoms with Crippen LogP contribution >= 0.6 is 0 Å². The van der Waals surface area contributed by atoms with E-state index in [1.165, 1.54) is 0 Å². The molecule has 0 aromatic carbocycles. The van der Waals surface area contributed by atoms with Gasteiger partial charge in [-0.1, -0.05) is 26.7 Å². The molecule has 2 unspecified atom stereocenters. The van der Waals surface area contributed by atoms with Crippen molar-refractivity contribution in [1.29, 1.82) is 0 Å². The van der Waals surface area contributed by atoms with Crippen molar-refractivity contribution in [3.63, 3.8) is 0 Å². The van der Waals surface area contributed by atoms with Gasteiger partial charge in [-0.15, -0.1) is 0 Å². The smallest absolute Gasteiger partial charge is 0.311 e. The lowest BCUT2D eigenvalue weighted by Gasteiger charge is -2.43. The van der Waals surface area contributed by atoms with Gasteiger partial charge in [0.05, 0.1) is 5.92 Å². The Morgan fingerprint density at radius 3 is 2.22 bits per heavy atom. The molecule has 0 spiro atoms. The van der Waals surface area contributed by atoms with E-state index in [4.69, 9.17) is 0 Å². The summed E-state index contributed by atoms with van der Waals surface area (Å²) >= 11 is 0. The molecule has 0 radical (unpaired) electrons. The summed E-state index contributed by atoms with van der Waals surface area (Å²) in [6, 6.07) is -0.0118. The number of hydrogen-bond acceptors (Lipinski definition) is 1. The predicted molar refractivity (Wildman–Crippen MR) is 66.3 cm³/mol. The van der Waals surface area contributed by atoms with Crippen LogP contribution in [0, 0.1) is 17.8 Å². The molecule has 0 heterocycles. The lowest BCUT2D eigenvalue weighted by atomic mass is 9.72. The van der Waals surface area contributed by atoms with Gasteiger partial charge in [0.2, 0.25) is 0 Å². The summed E-state index contributed by atoms with van der Waals surface area (Å²) in [4.78, 5) is 0. The second-order valence-corrected chi connectivity index (χ2v) is 6.38. The molecule has 0 bridgehead atoms. The summed E-state index contributed by atoms with van der Waals surface area (Å²) in [7, 11) is 0. The van der Waals surface area contributed by atoms with Gasteiger partial charge in [0, 0.05) is 12.1 Å². The Hall–Kier alpha value is -0.250. The third-order valence-corrected chi connectivity index (χ3v) is 4.75. The van der Waals surface area contributed by atoms with Gasteiger partial charge in [0.1, 0.15) is 0 Å². The molecule has 18 heavy (non-hydrogen) atoms. The minimum absolute atomic E-state index is 0.307. The molecular weight excluding hydrogens is 239 g/mol. The van der Waals surface area contributed by atoms with E-state index in [1.807, 2.05) is 0 Å². The minimum Gasteiger partial charge on any atom is -0.311 e. The lowest BCUT2D eigenvalue weighted by molar-refractivity contribution is -0.190. The third-order valence-electron chi connectivity index (χ3n) is 4.75. The van der Waals surface area contributed by atoms with Gasteiger partial charge < -0.3 is 5.32 Å². The highest BCUT2D eigenvalue weighted by Crippen LogP contribution is 2.40. The summed E-state index contributed by atoms with van der Waals surface area (Å²) in [6.07, 6.45) is 0.734. The molecule has 4 heteroatoms. The predicted octanol–water partition coefficient (Wildman–Crippen LogP) is 4.13. The van der Waals surface area contributed by atoms with E-state index < -0.39 is 12.1 Å². The number of hydrogen-bond donors (Lipinski definition) is 1. The molecule has 0 amide bonds. The quantitative estimate of drug-likeness (QED) is 0.807. The van der Waals surface area contributed by atoms with Crippen molar-refractivity contribution in [2.24, 2.45) is 17.8 Å². The summed E-state index contributed by atoms with van der Waals surface area (Å²) in [5.74, 6) is 0.243. The van der Waals surface area contributed by atoms with E-state index in [-0.39, 0.29) is 6.04 Å². The fraction of sp³-hybridized carbons (Fsp3) is 1.00. The van der Waals surface area contributed by atoms with Crippen molar-refractivity contribution in [3.05, 3.63) is 0 Å². The molecule has 2 aliphatic rings. The zero-order valence-corrected chi connectivity index (χ0v) is 11.3. The van der Waals surface area contributed by atoms with Crippen molar-refractivity contribution in [2.75, 3.05) is 0 Å². The number of rotatable bonds is 3. The Balaban J connectivity index is 1.84. The van der Waals surface area contributed by atoms with Crippen LogP contribution in [0.15, 0.2) is 0 Å². The zero-order valence-electron chi connectivity index (χ0n) is 11.3. The van der Waals surface area contributed by atoms with E-state index in [0.29, 0.717) is 30.7 Å². The molecule has 1 N–H and O–H groups in total. The fourth-order valence-corrected chi connectivity index (χ4v) is 3.37. The molecule has 2 aliphatic carbocycles. The second-order valence-electron chi connectivity index (χ2n) is 6.38. The second kappa shape index (κ2) is 5.40. The van der Waals surface area contributed by atoms with E-state index >= 15 is 0 Å². The van der Waals surface area contributed by atoms with Crippen molar-refractivity contribution in [1.82, 2.24) is 5.32 Å². The first kappa shape index (κ1) is 14.2. The fourth-order valence-electron chi connectivity index (χ4n) is 3.37. The van der Waals surface area contributed by atoms with Gasteiger partial charge in [0.25, 0.3) is 0 Å². The van der Waals surface area contributed by atoms with Crippen LogP contribution < -0.4 is 5.32 Å². The molecule has 2 fully saturated rings. The van der Waals surface area contributed by atoms with Gasteiger partial charge in [-0.2, -0.15) is 13.2 Å². The molecule has 1 nitrogen and oxygen atoms in total. The van der Waals surface area contributed by atoms with E-state index in [1.54, 1.807) is 0 Å². The molecule has 106 valence electrons. The Morgan fingerprint density at radius 1 is 1.06 bits per heavy atom. The average Bonchev–Trinajstić information content (AvgIpc) is 2.21. The van der Waals surface area contributed by atoms with Crippen LogP contribution in [0.2, 0.25) is 0 Å². The maximum atomic E-state index is 12.9. The summed E-state index contributed by atoms with van der Waals surface area (Å²) < 4.78 is 38.8. The molecule has 2 rings (SSSR count). The topological polar surface area (TPSA) is 12.0 Å². The summed E-state index contributed by atoms with van der Waals surface area (Å²) in [6.45, 7) is 4.39. The van der Waals surface area contributed by atoms with Gasteiger partial charge in [-0.05, 0) is 37.5 Å². The Labute approximate surface area is 108 Å². The van der Waals surface area contributed by atoms with Crippen molar-refractivity contribution >= 4 is 0 Å². The Bertz CT molecular complexity index is 269. The number of alkyl halides is 3. The van der Waals surface area contributed by atoms with Gasteiger partial charge in [-0.25, -0.2) is 0 Å². The highest BCUT2D eigenvalue weighted by molar-refractivity contribution is 4.93. The third kappa shape index (κ3) is 3.19. The molecule has 2 saturated carbocycles. The van der Waals surface area contributed by atoms with Crippen LogP contribution in [0.3, 0.4) is 0 Å². The van der Waals surface area contributed by atoms with Gasteiger partial charge >= 0.3 is 6.18 Å². The summed E-state index contributed by atoms with van der Waals surface area (Å²) in [5, 5.41) is 3.28. The van der Waals surface area contributed by atoms with Crippen LogP contribution in [0.1, 0.15) is 52.4 Å². The van der Waals surface area contributed by atoms with Crippen molar-refractivity contribution in [2.45, 2.75) is 70.6 Å². The van der Waals surface area contributed by atoms with Crippen LogP contribution in [0.4, 0.5) is 13.2 Å². The number of nitrogens with one attached hydrogen (secondary N) is 1. The molecule has 0 aromatic heterocycles. The van der Waals surface area contributed by atoms with Crippen LogP contribution in [-0.4, -0.2) is 18.3 Å². The van der Waals surface area contributed by atoms with Gasteiger partial charge in [0.15, 0.2) is 0 Å². The number of halogens is 3. The molecule has 0 aliphatic heterocycles. The monoisotopic (exact) mass is 263 g/mol. The van der Waals surface area contributed by atoms with Crippen molar-refractivity contribution in [3.8, 4) is 0 Å². The van der Waals surface area contributed by atoms with Crippen LogP contribution in [0.5, 0.6) is 0 Å². The standard InChI is InChI=1S/C14H24F3N/c1-9(2)10-7-11(8-10)18-13-6-4-3-5-12(13)14(15,16)17/h9-13,18H,3-8H2,1-2H3. The Morgan fingerprint density at radius 2 is 1.67 bits per heavy atom. The van der Waals surface area contributed by atoms with Crippen LogP contribution in [-0.2, 0) is 0 Å². The van der Waals surface area contributed by atoms with E-state index in [2.05, 4.69) is 19.2 Å². The normalized spacial score (nSPS) is 37.7. The maximum Gasteiger partial charge on any atom is 0.393 e. The lowest BCUT2D eigenvalue weighted by Crippen LogP contribution is -2.53. The first-order valence-corrected chi connectivity index (χ1v) is 7.20. The molecule has 0 aromatic rings. The highest BCUT2D eigenvalue weighted by Gasteiger charge is 2.46. The highest BCUT2D eigenvalue weighted by atomic mass is 19.4. The first-order chi connectivity index (χ1) is 8.38. The van der Waals surface area contributed by atoms with Crippen LogP contribution in [0.25, 0.3) is 0 Å². The van der Waals surface area contributed by atoms with E-state index in [0.717, 1.165) is 25.7 Å². The molecule has 2 atom stereocenters. The largest absolute Gasteiger partial charge is 0.393 e. The van der Waals surface area contributed by atoms with Gasteiger partial charge in [-0.3, -0.25) is 0 Å². The zero-order chi connectivity index (χ0) is 13.3. The maximum absolute atomic E-state index is 12.9. The van der Waals surface area contributed by atoms with Crippen molar-refractivity contribution < 1.29 is 13.2 Å². The first-order valence-electron chi connectivity index (χ1n) is 7.20. The molecule has 0 saturated heterocycles. The Kier molecular flexibility index (Phi) is 4.25. The summed E-state index contributed by atoms with van der Waals surface area (Å²) in [5.41, 5.74) is 0. The minimum atomic E-state index is -4.03. The molecular formula is C14H24F3N. The SMILES string of the molecule is CC(C)C1CC(NC2CCCCC2C(F)(F)F)C1. The average molecular weight is 263 g/mol. The van der Waals surface area contributed by atoms with E-state index in [9.17, 15) is 13.2 Å².